The minimum absolute atomic E-state index is 0.0341. The SMILES string of the molecule is CCN1C[C@@H](C(=O)Nc2ccc(C(C)(C)C)nn2)CC1=O. The Morgan fingerprint density at radius 3 is 2.57 bits per heavy atom. The summed E-state index contributed by atoms with van der Waals surface area (Å²) in [5.74, 6) is -0.0131. The Bertz CT molecular complexity index is 534. The molecule has 1 aromatic heterocycles. The van der Waals surface area contributed by atoms with Crippen LogP contribution in [0.15, 0.2) is 12.1 Å². The second-order valence-corrected chi connectivity index (χ2v) is 6.38. The molecule has 0 spiro atoms. The average molecular weight is 290 g/mol. The van der Waals surface area contributed by atoms with Crippen LogP contribution in [0.1, 0.15) is 39.8 Å². The fraction of sp³-hybridized carbons (Fsp3) is 0.600. The first kappa shape index (κ1) is 15.4. The van der Waals surface area contributed by atoms with Crippen LogP contribution in [0.2, 0.25) is 0 Å². The number of nitrogens with one attached hydrogen (secondary N) is 1. The number of rotatable bonds is 3. The molecule has 6 heteroatoms. The highest BCUT2D eigenvalue weighted by atomic mass is 16.2. The molecule has 6 nitrogen and oxygen atoms in total. The van der Waals surface area contributed by atoms with Gasteiger partial charge in [0.05, 0.1) is 11.6 Å². The lowest BCUT2D eigenvalue weighted by atomic mass is 9.92. The van der Waals surface area contributed by atoms with Crippen LogP contribution in [-0.4, -0.2) is 40.0 Å². The summed E-state index contributed by atoms with van der Waals surface area (Å²) in [4.78, 5) is 25.5. The quantitative estimate of drug-likeness (QED) is 0.917. The van der Waals surface area contributed by atoms with Gasteiger partial charge in [0.2, 0.25) is 11.8 Å². The van der Waals surface area contributed by atoms with Crippen LogP contribution < -0.4 is 5.32 Å². The maximum absolute atomic E-state index is 12.1. The molecule has 1 saturated heterocycles. The lowest BCUT2D eigenvalue weighted by molar-refractivity contribution is -0.128. The van der Waals surface area contributed by atoms with Gasteiger partial charge in [-0.1, -0.05) is 20.8 Å². The van der Waals surface area contributed by atoms with Crippen LogP contribution in [-0.2, 0) is 15.0 Å². The van der Waals surface area contributed by atoms with Crippen LogP contribution in [0.4, 0.5) is 5.82 Å². The molecule has 1 fully saturated rings. The Hall–Kier alpha value is -1.98. The van der Waals surface area contributed by atoms with E-state index in [0.717, 1.165) is 5.69 Å². The van der Waals surface area contributed by atoms with Crippen molar-refractivity contribution in [2.24, 2.45) is 5.92 Å². The largest absolute Gasteiger partial charge is 0.342 e. The number of hydrogen-bond donors (Lipinski definition) is 1. The van der Waals surface area contributed by atoms with E-state index in [1.54, 1.807) is 11.0 Å². The van der Waals surface area contributed by atoms with Gasteiger partial charge in [-0.3, -0.25) is 9.59 Å². The monoisotopic (exact) mass is 290 g/mol. The summed E-state index contributed by atoms with van der Waals surface area (Å²) in [6, 6.07) is 3.61. The van der Waals surface area contributed by atoms with Gasteiger partial charge in [-0.15, -0.1) is 5.10 Å². The predicted molar refractivity (Wildman–Crippen MR) is 79.7 cm³/mol. The third-order valence-electron chi connectivity index (χ3n) is 3.65. The van der Waals surface area contributed by atoms with Gasteiger partial charge in [0, 0.05) is 24.9 Å². The molecular formula is C15H22N4O2. The maximum atomic E-state index is 12.1. The van der Waals surface area contributed by atoms with E-state index in [-0.39, 0.29) is 29.6 Å². The number of nitrogens with zero attached hydrogens (tertiary/aromatic N) is 3. The molecule has 1 aliphatic rings. The Labute approximate surface area is 124 Å². The van der Waals surface area contributed by atoms with E-state index in [1.807, 2.05) is 13.0 Å². The zero-order valence-corrected chi connectivity index (χ0v) is 13.0. The predicted octanol–water partition coefficient (Wildman–Crippen LogP) is 1.58. The molecule has 0 aliphatic carbocycles. The van der Waals surface area contributed by atoms with Crippen molar-refractivity contribution < 1.29 is 9.59 Å². The van der Waals surface area contributed by atoms with Gasteiger partial charge in [0.15, 0.2) is 5.82 Å². The van der Waals surface area contributed by atoms with Crippen LogP contribution >= 0.6 is 0 Å². The number of carbonyl (C=O) groups is 2. The molecule has 1 N–H and O–H groups in total. The molecule has 0 unspecified atom stereocenters. The van der Waals surface area contributed by atoms with Gasteiger partial charge >= 0.3 is 0 Å². The fourth-order valence-electron chi connectivity index (χ4n) is 2.28. The second-order valence-electron chi connectivity index (χ2n) is 6.38. The molecule has 2 amide bonds. The summed E-state index contributed by atoms with van der Waals surface area (Å²) in [5.41, 5.74) is 0.795. The van der Waals surface area contributed by atoms with E-state index in [2.05, 4.69) is 36.3 Å². The molecule has 1 aromatic rings. The molecule has 1 atom stereocenters. The topological polar surface area (TPSA) is 75.2 Å². The van der Waals surface area contributed by atoms with Crippen molar-refractivity contribution in [1.82, 2.24) is 15.1 Å². The first-order chi connectivity index (χ1) is 9.81. The lowest BCUT2D eigenvalue weighted by Gasteiger charge is -2.17. The van der Waals surface area contributed by atoms with Crippen molar-refractivity contribution in [3.05, 3.63) is 17.8 Å². The average Bonchev–Trinajstić information content (AvgIpc) is 2.79. The van der Waals surface area contributed by atoms with Gasteiger partial charge in [-0.05, 0) is 19.1 Å². The summed E-state index contributed by atoms with van der Waals surface area (Å²) in [5, 5.41) is 10.9. The molecule has 0 radical (unpaired) electrons. The molecule has 0 saturated carbocycles. The van der Waals surface area contributed by atoms with Crippen molar-refractivity contribution in [3.8, 4) is 0 Å². The Morgan fingerprint density at radius 2 is 2.10 bits per heavy atom. The number of amides is 2. The molecule has 0 bridgehead atoms. The van der Waals surface area contributed by atoms with Gasteiger partial charge in [0.25, 0.3) is 0 Å². The third kappa shape index (κ3) is 3.56. The normalized spacial score (nSPS) is 19.0. The first-order valence-corrected chi connectivity index (χ1v) is 7.24. The van der Waals surface area contributed by atoms with Crippen molar-refractivity contribution in [1.29, 1.82) is 0 Å². The van der Waals surface area contributed by atoms with Crippen molar-refractivity contribution in [2.75, 3.05) is 18.4 Å². The molecule has 0 aromatic carbocycles. The molecular weight excluding hydrogens is 268 g/mol. The number of aromatic nitrogens is 2. The minimum Gasteiger partial charge on any atom is -0.342 e. The summed E-state index contributed by atoms with van der Waals surface area (Å²) in [7, 11) is 0. The van der Waals surface area contributed by atoms with Gasteiger partial charge < -0.3 is 10.2 Å². The van der Waals surface area contributed by atoms with Crippen LogP contribution in [0.5, 0.6) is 0 Å². The third-order valence-corrected chi connectivity index (χ3v) is 3.65. The number of likely N-dealkylation sites (tertiary alicyclic amines) is 1. The highest BCUT2D eigenvalue weighted by molar-refractivity contribution is 5.96. The van der Waals surface area contributed by atoms with E-state index in [1.165, 1.54) is 0 Å². The van der Waals surface area contributed by atoms with E-state index >= 15 is 0 Å². The van der Waals surface area contributed by atoms with Crippen molar-refractivity contribution >= 4 is 17.6 Å². The van der Waals surface area contributed by atoms with E-state index in [0.29, 0.717) is 18.9 Å². The second kappa shape index (κ2) is 5.79. The number of carbonyl (C=O) groups excluding carboxylic acids is 2. The highest BCUT2D eigenvalue weighted by Gasteiger charge is 2.33. The van der Waals surface area contributed by atoms with Gasteiger partial charge in [-0.25, -0.2) is 0 Å². The van der Waals surface area contributed by atoms with E-state index < -0.39 is 0 Å². The van der Waals surface area contributed by atoms with E-state index in [9.17, 15) is 9.59 Å². The summed E-state index contributed by atoms with van der Waals surface area (Å²) < 4.78 is 0. The van der Waals surface area contributed by atoms with Gasteiger partial charge in [-0.2, -0.15) is 5.10 Å². The molecule has 114 valence electrons. The van der Waals surface area contributed by atoms with Crippen LogP contribution in [0.3, 0.4) is 0 Å². The molecule has 2 heterocycles. The fourth-order valence-corrected chi connectivity index (χ4v) is 2.28. The molecule has 2 rings (SSSR count). The first-order valence-electron chi connectivity index (χ1n) is 7.24. The summed E-state index contributed by atoms with van der Waals surface area (Å²) in [6.45, 7) is 9.20. The molecule has 1 aliphatic heterocycles. The Morgan fingerprint density at radius 1 is 1.38 bits per heavy atom. The standard InChI is InChI=1S/C15H22N4O2/c1-5-19-9-10(8-13(19)20)14(21)16-12-7-6-11(17-18-12)15(2,3)4/h6-7,10H,5,8-9H2,1-4H3,(H,16,18,21)/t10-/m0/s1. The van der Waals surface area contributed by atoms with Crippen LogP contribution in [0.25, 0.3) is 0 Å². The zero-order valence-electron chi connectivity index (χ0n) is 13.0. The van der Waals surface area contributed by atoms with Crippen molar-refractivity contribution in [2.45, 2.75) is 39.5 Å². The van der Waals surface area contributed by atoms with Gasteiger partial charge in [0.1, 0.15) is 0 Å². The summed E-state index contributed by atoms with van der Waals surface area (Å²) >= 11 is 0. The number of hydrogen-bond acceptors (Lipinski definition) is 4. The smallest absolute Gasteiger partial charge is 0.230 e. The summed E-state index contributed by atoms with van der Waals surface area (Å²) in [6.07, 6.45) is 0.271. The number of anilines is 1. The van der Waals surface area contributed by atoms with Crippen LogP contribution in [0, 0.1) is 5.92 Å². The maximum Gasteiger partial charge on any atom is 0.230 e. The van der Waals surface area contributed by atoms with E-state index in [4.69, 9.17) is 0 Å². The highest BCUT2D eigenvalue weighted by Crippen LogP contribution is 2.21. The Kier molecular flexibility index (Phi) is 4.25. The molecule has 21 heavy (non-hydrogen) atoms. The van der Waals surface area contributed by atoms with Crippen molar-refractivity contribution in [3.63, 3.8) is 0 Å². The Balaban J connectivity index is 1.99. The minimum atomic E-state index is -0.304. The zero-order chi connectivity index (χ0) is 15.6. The lowest BCUT2D eigenvalue weighted by Crippen LogP contribution is -2.28.